The Balaban J connectivity index is 1.91. The molecule has 3 N–H and O–H groups in total. The molecule has 0 fully saturated rings. The van der Waals surface area contributed by atoms with Crippen LogP contribution in [0.1, 0.15) is 24.9 Å². The first-order valence-corrected chi connectivity index (χ1v) is 8.40. The smallest absolute Gasteiger partial charge is 0.279 e. The van der Waals surface area contributed by atoms with Gasteiger partial charge in [0.1, 0.15) is 6.04 Å². The quantitative estimate of drug-likeness (QED) is 0.785. The lowest BCUT2D eigenvalue weighted by Crippen LogP contribution is -2.87. The highest BCUT2D eigenvalue weighted by Gasteiger charge is 2.15. The van der Waals surface area contributed by atoms with E-state index in [1.54, 1.807) is 12.1 Å². The summed E-state index contributed by atoms with van der Waals surface area (Å²) < 4.78 is 1.06. The Morgan fingerprint density at radius 1 is 1.23 bits per heavy atom. The van der Waals surface area contributed by atoms with Crippen LogP contribution in [0.5, 0.6) is 0 Å². The lowest BCUT2D eigenvalue weighted by Gasteiger charge is -2.14. The minimum absolute atomic E-state index is 0.0522. The molecule has 1 amide bonds. The summed E-state index contributed by atoms with van der Waals surface area (Å²) >= 11 is 9.48. The zero-order valence-electron chi connectivity index (χ0n) is 12.4. The van der Waals surface area contributed by atoms with E-state index in [1.165, 1.54) is 5.56 Å². The fourth-order valence-corrected chi connectivity index (χ4v) is 2.71. The van der Waals surface area contributed by atoms with Crippen molar-refractivity contribution in [2.75, 3.05) is 11.9 Å². The fraction of sp³-hybridized carbons (Fsp3) is 0.235. The summed E-state index contributed by atoms with van der Waals surface area (Å²) in [5.41, 5.74) is 1.87. The second-order valence-corrected chi connectivity index (χ2v) is 6.36. The Labute approximate surface area is 144 Å². The van der Waals surface area contributed by atoms with Gasteiger partial charge in [-0.25, -0.2) is 0 Å². The maximum atomic E-state index is 12.1. The number of nitrogens with two attached hydrogens (primary N) is 1. The second kappa shape index (κ2) is 8.32. The van der Waals surface area contributed by atoms with Crippen molar-refractivity contribution >= 4 is 39.1 Å². The van der Waals surface area contributed by atoms with Gasteiger partial charge in [0.15, 0.2) is 6.54 Å². The van der Waals surface area contributed by atoms with Crippen LogP contribution in [-0.2, 0) is 4.79 Å². The van der Waals surface area contributed by atoms with Crippen LogP contribution in [0.15, 0.2) is 53.0 Å². The molecule has 0 aliphatic carbocycles. The highest BCUT2D eigenvalue weighted by Crippen LogP contribution is 2.20. The number of carbonyl (C=O) groups is 1. The lowest BCUT2D eigenvalue weighted by molar-refractivity contribution is -0.686. The van der Waals surface area contributed by atoms with Gasteiger partial charge in [0.2, 0.25) is 0 Å². The van der Waals surface area contributed by atoms with E-state index in [2.05, 4.69) is 45.6 Å². The number of para-hydroxylation sites is 1. The number of carbonyl (C=O) groups excluding carboxylic acids is 1. The largest absolute Gasteiger partial charge is 0.332 e. The molecule has 1 atom stereocenters. The molecular weight excluding hydrogens is 364 g/mol. The summed E-state index contributed by atoms with van der Waals surface area (Å²) in [5.74, 6) is -0.0522. The van der Waals surface area contributed by atoms with E-state index in [1.807, 2.05) is 24.3 Å². The molecule has 0 aliphatic rings. The summed E-state index contributed by atoms with van der Waals surface area (Å²) in [6.07, 6.45) is 0.959. The van der Waals surface area contributed by atoms with E-state index < -0.39 is 0 Å². The van der Waals surface area contributed by atoms with E-state index in [0.717, 1.165) is 10.9 Å². The van der Waals surface area contributed by atoms with Gasteiger partial charge in [0.05, 0.1) is 10.7 Å². The third-order valence-corrected chi connectivity index (χ3v) is 4.33. The topological polar surface area (TPSA) is 45.7 Å². The second-order valence-electron chi connectivity index (χ2n) is 5.03. The third-order valence-electron chi connectivity index (χ3n) is 3.47. The Bertz CT molecular complexity index is 631. The van der Waals surface area contributed by atoms with Crippen molar-refractivity contribution in [2.24, 2.45) is 0 Å². The number of benzene rings is 2. The number of anilines is 1. The molecule has 3 nitrogen and oxygen atoms in total. The minimum Gasteiger partial charge on any atom is -0.332 e. The highest BCUT2D eigenvalue weighted by molar-refractivity contribution is 9.10. The van der Waals surface area contributed by atoms with Crippen molar-refractivity contribution in [1.29, 1.82) is 0 Å². The Morgan fingerprint density at radius 2 is 1.91 bits per heavy atom. The molecular formula is C17H19BrClN2O+. The molecule has 22 heavy (non-hydrogen) atoms. The Hall–Kier alpha value is -1.36. The number of hydrogen-bond acceptors (Lipinski definition) is 1. The van der Waals surface area contributed by atoms with Crippen molar-refractivity contribution in [3.63, 3.8) is 0 Å². The molecule has 0 aromatic heterocycles. The van der Waals surface area contributed by atoms with Crippen molar-refractivity contribution in [3.8, 4) is 0 Å². The molecule has 0 heterocycles. The molecule has 2 aromatic carbocycles. The van der Waals surface area contributed by atoms with Gasteiger partial charge in [-0.05, 0) is 24.3 Å². The van der Waals surface area contributed by atoms with Gasteiger partial charge in [0.25, 0.3) is 5.91 Å². The molecule has 116 valence electrons. The first-order chi connectivity index (χ1) is 10.6. The van der Waals surface area contributed by atoms with Gasteiger partial charge in [0, 0.05) is 16.5 Å². The van der Waals surface area contributed by atoms with E-state index in [4.69, 9.17) is 11.6 Å². The standard InChI is InChI=1S/C17H18BrClN2O/c1-2-15(12-7-9-13(18)10-8-12)20-11-17(22)21-16-6-4-3-5-14(16)19/h3-10,15,20H,2,11H2,1H3,(H,21,22)/p+1/t15-/m1/s1. The van der Waals surface area contributed by atoms with Gasteiger partial charge < -0.3 is 10.6 Å². The summed E-state index contributed by atoms with van der Waals surface area (Å²) in [6.45, 7) is 2.48. The zero-order valence-corrected chi connectivity index (χ0v) is 14.7. The molecule has 0 saturated heterocycles. The summed E-state index contributed by atoms with van der Waals surface area (Å²) in [7, 11) is 0. The maximum Gasteiger partial charge on any atom is 0.279 e. The van der Waals surface area contributed by atoms with Crippen LogP contribution in [0, 0.1) is 0 Å². The molecule has 0 aliphatic heterocycles. The van der Waals surface area contributed by atoms with Crippen LogP contribution >= 0.6 is 27.5 Å². The maximum absolute atomic E-state index is 12.1. The summed E-state index contributed by atoms with van der Waals surface area (Å²) in [4.78, 5) is 12.1. The van der Waals surface area contributed by atoms with Crippen LogP contribution in [0.4, 0.5) is 5.69 Å². The number of halogens is 2. The predicted octanol–water partition coefficient (Wildman–Crippen LogP) is 3.76. The SMILES string of the molecule is CC[C@@H]([NH2+]CC(=O)Nc1ccccc1Cl)c1ccc(Br)cc1. The van der Waals surface area contributed by atoms with E-state index in [9.17, 15) is 4.79 Å². The number of hydrogen-bond donors (Lipinski definition) is 2. The van der Waals surface area contributed by atoms with Crippen molar-refractivity contribution in [3.05, 3.63) is 63.6 Å². The summed E-state index contributed by atoms with van der Waals surface area (Å²) in [6, 6.07) is 15.7. The number of amides is 1. The van der Waals surface area contributed by atoms with Gasteiger partial charge in [-0.2, -0.15) is 0 Å². The molecule has 0 radical (unpaired) electrons. The van der Waals surface area contributed by atoms with Crippen LogP contribution in [0.25, 0.3) is 0 Å². The predicted molar refractivity (Wildman–Crippen MR) is 94.0 cm³/mol. The van der Waals surface area contributed by atoms with Crippen LogP contribution in [0.2, 0.25) is 5.02 Å². The minimum atomic E-state index is -0.0522. The van der Waals surface area contributed by atoms with Crippen molar-refractivity contribution in [2.45, 2.75) is 19.4 Å². The number of quaternary nitrogens is 1. The number of nitrogens with one attached hydrogen (secondary N) is 1. The molecule has 0 unspecified atom stereocenters. The molecule has 2 rings (SSSR count). The van der Waals surface area contributed by atoms with Crippen molar-refractivity contribution < 1.29 is 10.1 Å². The molecule has 0 saturated carbocycles. The van der Waals surface area contributed by atoms with Gasteiger partial charge in [-0.15, -0.1) is 0 Å². The highest BCUT2D eigenvalue weighted by atomic mass is 79.9. The van der Waals surface area contributed by atoms with Gasteiger partial charge >= 0.3 is 0 Å². The average Bonchev–Trinajstić information content (AvgIpc) is 2.52. The fourth-order valence-electron chi connectivity index (χ4n) is 2.26. The van der Waals surface area contributed by atoms with E-state index in [0.29, 0.717) is 17.3 Å². The summed E-state index contributed by atoms with van der Waals surface area (Å²) in [5, 5.41) is 5.44. The van der Waals surface area contributed by atoms with Crippen LogP contribution in [0.3, 0.4) is 0 Å². The monoisotopic (exact) mass is 381 g/mol. The Morgan fingerprint density at radius 3 is 2.55 bits per heavy atom. The van der Waals surface area contributed by atoms with E-state index in [-0.39, 0.29) is 11.9 Å². The zero-order chi connectivity index (χ0) is 15.9. The molecule has 0 spiro atoms. The normalized spacial score (nSPS) is 12.0. The third kappa shape index (κ3) is 4.83. The van der Waals surface area contributed by atoms with Gasteiger partial charge in [-0.1, -0.05) is 58.7 Å². The number of rotatable bonds is 6. The first kappa shape index (κ1) is 17.0. The van der Waals surface area contributed by atoms with Crippen LogP contribution in [-0.4, -0.2) is 12.5 Å². The molecule has 5 heteroatoms. The van der Waals surface area contributed by atoms with Crippen LogP contribution < -0.4 is 10.6 Å². The first-order valence-electron chi connectivity index (χ1n) is 7.23. The van der Waals surface area contributed by atoms with E-state index >= 15 is 0 Å². The van der Waals surface area contributed by atoms with Crippen molar-refractivity contribution in [1.82, 2.24) is 0 Å². The van der Waals surface area contributed by atoms with Gasteiger partial charge in [-0.3, -0.25) is 4.79 Å². The Kier molecular flexibility index (Phi) is 6.43. The molecule has 0 bridgehead atoms. The average molecular weight is 383 g/mol. The molecule has 2 aromatic rings. The lowest BCUT2D eigenvalue weighted by atomic mass is 10.0.